The first-order valence-corrected chi connectivity index (χ1v) is 6.25. The number of methoxy groups -OCH3 is 1. The molecule has 0 aromatic carbocycles. The standard InChI is InChI=1S/C8H20O2Si/c1-6-11(7(2)3)10-8(4)9-5/h7-8,11H,6H2,1-5H3. The summed E-state index contributed by atoms with van der Waals surface area (Å²) >= 11 is 0. The first-order chi connectivity index (χ1) is 5.11. The van der Waals surface area contributed by atoms with Crippen LogP contribution in [0.3, 0.4) is 0 Å². The van der Waals surface area contributed by atoms with Gasteiger partial charge in [0.05, 0.1) is 0 Å². The van der Waals surface area contributed by atoms with Gasteiger partial charge in [-0.1, -0.05) is 20.8 Å². The van der Waals surface area contributed by atoms with Crippen LogP contribution in [0.25, 0.3) is 0 Å². The maximum atomic E-state index is 5.73. The minimum absolute atomic E-state index is 0.0194. The fourth-order valence-electron chi connectivity index (χ4n) is 1.03. The van der Waals surface area contributed by atoms with Gasteiger partial charge in [0.15, 0.2) is 9.04 Å². The van der Waals surface area contributed by atoms with Gasteiger partial charge >= 0.3 is 0 Å². The van der Waals surface area contributed by atoms with E-state index in [1.54, 1.807) is 7.11 Å². The monoisotopic (exact) mass is 176 g/mol. The lowest BCUT2D eigenvalue weighted by atomic mass is 10.6. The van der Waals surface area contributed by atoms with Crippen LogP contribution in [-0.4, -0.2) is 22.4 Å². The molecule has 0 aliphatic carbocycles. The maximum absolute atomic E-state index is 5.73. The molecular weight excluding hydrogens is 156 g/mol. The lowest BCUT2D eigenvalue weighted by molar-refractivity contribution is -0.0423. The van der Waals surface area contributed by atoms with Crippen molar-refractivity contribution in [2.75, 3.05) is 7.11 Å². The van der Waals surface area contributed by atoms with Crippen molar-refractivity contribution in [2.24, 2.45) is 0 Å². The molecule has 0 fully saturated rings. The Morgan fingerprint density at radius 2 is 1.82 bits per heavy atom. The van der Waals surface area contributed by atoms with E-state index in [1.807, 2.05) is 6.92 Å². The molecular formula is C8H20O2Si. The van der Waals surface area contributed by atoms with Crippen LogP contribution < -0.4 is 0 Å². The van der Waals surface area contributed by atoms with E-state index in [2.05, 4.69) is 20.8 Å². The Morgan fingerprint density at radius 1 is 1.27 bits per heavy atom. The molecule has 0 saturated heterocycles. The van der Waals surface area contributed by atoms with Gasteiger partial charge < -0.3 is 9.16 Å². The predicted molar refractivity (Wildman–Crippen MR) is 50.3 cm³/mol. The number of rotatable bonds is 5. The van der Waals surface area contributed by atoms with Crippen LogP contribution in [0, 0.1) is 0 Å². The van der Waals surface area contributed by atoms with Crippen molar-refractivity contribution in [3.63, 3.8) is 0 Å². The molecule has 0 aromatic heterocycles. The molecule has 11 heavy (non-hydrogen) atoms. The van der Waals surface area contributed by atoms with E-state index >= 15 is 0 Å². The van der Waals surface area contributed by atoms with Crippen LogP contribution >= 0.6 is 0 Å². The Hall–Kier alpha value is 0.137. The summed E-state index contributed by atoms with van der Waals surface area (Å²) in [6.07, 6.45) is -0.0194. The van der Waals surface area contributed by atoms with E-state index in [0.717, 1.165) is 0 Å². The third kappa shape index (κ3) is 4.56. The quantitative estimate of drug-likeness (QED) is 0.472. The molecule has 68 valence electrons. The zero-order valence-electron chi connectivity index (χ0n) is 8.26. The SMILES string of the molecule is CC[SiH](OC(C)OC)C(C)C. The first-order valence-electron chi connectivity index (χ1n) is 4.30. The Balaban J connectivity index is 3.68. The van der Waals surface area contributed by atoms with Gasteiger partial charge in [0.1, 0.15) is 6.29 Å². The van der Waals surface area contributed by atoms with Crippen molar-refractivity contribution in [3.05, 3.63) is 0 Å². The van der Waals surface area contributed by atoms with Crippen molar-refractivity contribution in [2.45, 2.75) is 45.6 Å². The zero-order chi connectivity index (χ0) is 8.85. The molecule has 0 amide bonds. The van der Waals surface area contributed by atoms with E-state index < -0.39 is 9.04 Å². The zero-order valence-corrected chi connectivity index (χ0v) is 9.41. The fourth-order valence-corrected chi connectivity index (χ4v) is 3.08. The summed E-state index contributed by atoms with van der Waals surface area (Å²) in [5.74, 6) is 0. The number of hydrogen-bond donors (Lipinski definition) is 0. The van der Waals surface area contributed by atoms with E-state index in [-0.39, 0.29) is 6.29 Å². The minimum Gasteiger partial charge on any atom is -0.396 e. The minimum atomic E-state index is -0.987. The smallest absolute Gasteiger partial charge is 0.182 e. The van der Waals surface area contributed by atoms with Crippen LogP contribution in [0.15, 0.2) is 0 Å². The molecule has 0 aliphatic rings. The molecule has 3 heteroatoms. The average Bonchev–Trinajstić information content (AvgIpc) is 1.99. The molecule has 0 aliphatic heterocycles. The van der Waals surface area contributed by atoms with Crippen LogP contribution in [-0.2, 0) is 9.16 Å². The van der Waals surface area contributed by atoms with Gasteiger partial charge in [0.2, 0.25) is 0 Å². The highest BCUT2D eigenvalue weighted by Crippen LogP contribution is 2.14. The van der Waals surface area contributed by atoms with Gasteiger partial charge in [-0.2, -0.15) is 0 Å². The molecule has 2 atom stereocenters. The molecule has 0 spiro atoms. The summed E-state index contributed by atoms with van der Waals surface area (Å²) in [5, 5.41) is 0. The van der Waals surface area contributed by atoms with Crippen molar-refractivity contribution in [1.82, 2.24) is 0 Å². The topological polar surface area (TPSA) is 18.5 Å². The second-order valence-corrected chi connectivity index (χ2v) is 6.63. The Morgan fingerprint density at radius 3 is 2.09 bits per heavy atom. The number of hydrogen-bond acceptors (Lipinski definition) is 2. The van der Waals surface area contributed by atoms with E-state index in [4.69, 9.17) is 9.16 Å². The van der Waals surface area contributed by atoms with E-state index in [1.165, 1.54) is 6.04 Å². The van der Waals surface area contributed by atoms with Crippen LogP contribution in [0.2, 0.25) is 11.6 Å². The van der Waals surface area contributed by atoms with Gasteiger partial charge in [0, 0.05) is 7.11 Å². The largest absolute Gasteiger partial charge is 0.396 e. The molecule has 0 bridgehead atoms. The van der Waals surface area contributed by atoms with Crippen molar-refractivity contribution in [3.8, 4) is 0 Å². The lowest BCUT2D eigenvalue weighted by Crippen LogP contribution is -2.27. The molecule has 0 rings (SSSR count). The normalized spacial score (nSPS) is 16.9. The maximum Gasteiger partial charge on any atom is 0.182 e. The second-order valence-electron chi connectivity index (χ2n) is 3.13. The number of ether oxygens (including phenoxy) is 1. The molecule has 0 aromatic rings. The van der Waals surface area contributed by atoms with Crippen LogP contribution in [0.1, 0.15) is 27.7 Å². The molecule has 0 heterocycles. The average molecular weight is 176 g/mol. The fraction of sp³-hybridized carbons (Fsp3) is 1.00. The lowest BCUT2D eigenvalue weighted by Gasteiger charge is -2.21. The van der Waals surface area contributed by atoms with Crippen LogP contribution in [0.4, 0.5) is 0 Å². The van der Waals surface area contributed by atoms with Gasteiger partial charge in [-0.25, -0.2) is 0 Å². The van der Waals surface area contributed by atoms with Gasteiger partial charge in [-0.3, -0.25) is 0 Å². The second kappa shape index (κ2) is 5.74. The van der Waals surface area contributed by atoms with Gasteiger partial charge in [-0.15, -0.1) is 0 Å². The van der Waals surface area contributed by atoms with E-state index in [9.17, 15) is 0 Å². The summed E-state index contributed by atoms with van der Waals surface area (Å²) in [6.45, 7) is 8.60. The molecule has 2 nitrogen and oxygen atoms in total. The predicted octanol–water partition coefficient (Wildman–Crippen LogP) is 2.15. The summed E-state index contributed by atoms with van der Waals surface area (Å²) in [6, 6.07) is 1.19. The highest BCUT2D eigenvalue weighted by Gasteiger charge is 2.16. The summed E-state index contributed by atoms with van der Waals surface area (Å²) in [7, 11) is 0.700. The van der Waals surface area contributed by atoms with Crippen molar-refractivity contribution < 1.29 is 9.16 Å². The molecule has 0 N–H and O–H groups in total. The van der Waals surface area contributed by atoms with Gasteiger partial charge in [0.25, 0.3) is 0 Å². The molecule has 2 unspecified atom stereocenters. The summed E-state index contributed by atoms with van der Waals surface area (Å²) < 4.78 is 10.8. The van der Waals surface area contributed by atoms with E-state index in [0.29, 0.717) is 5.54 Å². The Kier molecular flexibility index (Phi) is 5.82. The van der Waals surface area contributed by atoms with Crippen LogP contribution in [0.5, 0.6) is 0 Å². The highest BCUT2D eigenvalue weighted by atomic mass is 28.3. The third-order valence-electron chi connectivity index (χ3n) is 1.84. The first kappa shape index (κ1) is 11.1. The Bertz CT molecular complexity index is 96.1. The molecule has 0 saturated carbocycles. The highest BCUT2D eigenvalue weighted by molar-refractivity contribution is 6.53. The van der Waals surface area contributed by atoms with Crippen molar-refractivity contribution >= 4 is 9.04 Å². The Labute approximate surface area is 71.6 Å². The molecule has 0 radical (unpaired) electrons. The summed E-state index contributed by atoms with van der Waals surface area (Å²) in [4.78, 5) is 0. The third-order valence-corrected chi connectivity index (χ3v) is 4.87. The van der Waals surface area contributed by atoms with Gasteiger partial charge in [-0.05, 0) is 18.5 Å². The summed E-state index contributed by atoms with van der Waals surface area (Å²) in [5.41, 5.74) is 0.706. The van der Waals surface area contributed by atoms with Crippen molar-refractivity contribution in [1.29, 1.82) is 0 Å².